The summed E-state index contributed by atoms with van der Waals surface area (Å²) >= 11 is 2.67. The summed E-state index contributed by atoms with van der Waals surface area (Å²) < 4.78 is 11.8. The maximum atomic E-state index is 13.0. The number of nitrogen functional groups attached to an aromatic ring is 1. The third kappa shape index (κ3) is 3.63. The van der Waals surface area contributed by atoms with E-state index in [1.807, 2.05) is 60.0 Å². The predicted octanol–water partition coefficient (Wildman–Crippen LogP) is 4.19. The third-order valence-corrected chi connectivity index (χ3v) is 6.64. The second-order valence-electron chi connectivity index (χ2n) is 6.77. The number of benzene rings is 2. The number of hydrogen-bond donors (Lipinski definition) is 1. The first-order valence-electron chi connectivity index (χ1n) is 9.59. The van der Waals surface area contributed by atoms with Crippen LogP contribution in [0.3, 0.4) is 0 Å². The summed E-state index contributed by atoms with van der Waals surface area (Å²) in [5.41, 5.74) is 2.22. The maximum Gasteiger partial charge on any atom is 0.282 e. The van der Waals surface area contributed by atoms with Crippen LogP contribution in [-0.2, 0) is 5.75 Å². The number of ether oxygens (including phenoxy) is 1. The zero-order chi connectivity index (χ0) is 22.1. The number of hydrogen-bond acceptors (Lipinski definition) is 9. The normalized spacial score (nSPS) is 11.2. The standard InChI is InChI=1S/C22H17N5O3S2/c1-29-16-10-6-5-9-14(16)19-24-17(30-26-19)12-32-22-25-20-18(21(28)27(22)23)15(11-31-20)13-7-3-2-4-8-13/h2-11H,12,23H2,1H3. The highest BCUT2D eigenvalue weighted by molar-refractivity contribution is 7.98. The van der Waals surface area contributed by atoms with Crippen molar-refractivity contribution in [1.82, 2.24) is 19.8 Å². The Morgan fingerprint density at radius 2 is 1.88 bits per heavy atom. The SMILES string of the molecule is COc1ccccc1-c1noc(CSc2nc3scc(-c4ccccc4)c3c(=O)n2N)n1. The van der Waals surface area contributed by atoms with Crippen molar-refractivity contribution in [3.8, 4) is 28.3 Å². The number of aromatic nitrogens is 4. The largest absolute Gasteiger partial charge is 0.496 e. The van der Waals surface area contributed by atoms with Crippen LogP contribution in [0.5, 0.6) is 5.75 Å². The van der Waals surface area contributed by atoms with Crippen LogP contribution >= 0.6 is 23.1 Å². The molecule has 0 unspecified atom stereocenters. The first-order valence-corrected chi connectivity index (χ1v) is 11.5. The minimum atomic E-state index is -0.294. The van der Waals surface area contributed by atoms with E-state index < -0.39 is 0 Å². The Morgan fingerprint density at radius 1 is 1.09 bits per heavy atom. The summed E-state index contributed by atoms with van der Waals surface area (Å²) in [6.07, 6.45) is 0. The first kappa shape index (κ1) is 20.3. The molecule has 0 saturated heterocycles. The molecule has 0 radical (unpaired) electrons. The van der Waals surface area contributed by atoms with Crippen LogP contribution in [0, 0.1) is 0 Å². The molecule has 5 rings (SSSR count). The van der Waals surface area contributed by atoms with Gasteiger partial charge in [0.05, 0.1) is 23.8 Å². The lowest BCUT2D eigenvalue weighted by Crippen LogP contribution is -2.29. The number of nitrogens with two attached hydrogens (primary N) is 1. The molecule has 0 aliphatic rings. The molecule has 2 aromatic carbocycles. The van der Waals surface area contributed by atoms with Gasteiger partial charge in [-0.2, -0.15) is 4.98 Å². The highest BCUT2D eigenvalue weighted by Crippen LogP contribution is 2.32. The lowest BCUT2D eigenvalue weighted by Gasteiger charge is -2.06. The number of thiophene rings is 1. The minimum absolute atomic E-state index is 0.294. The Bertz CT molecular complexity index is 1460. The Balaban J connectivity index is 1.42. The summed E-state index contributed by atoms with van der Waals surface area (Å²) in [5, 5.41) is 6.86. The molecule has 0 amide bonds. The van der Waals surface area contributed by atoms with E-state index in [1.54, 1.807) is 7.11 Å². The fourth-order valence-corrected chi connectivity index (χ4v) is 5.04. The van der Waals surface area contributed by atoms with E-state index in [4.69, 9.17) is 15.1 Å². The fraction of sp³-hybridized carbons (Fsp3) is 0.0909. The number of nitrogens with zero attached hydrogens (tertiary/aromatic N) is 4. The van der Waals surface area contributed by atoms with Gasteiger partial charge in [-0.25, -0.2) is 9.66 Å². The Morgan fingerprint density at radius 3 is 2.69 bits per heavy atom. The van der Waals surface area contributed by atoms with Gasteiger partial charge in [0.2, 0.25) is 11.7 Å². The lowest BCUT2D eigenvalue weighted by atomic mass is 10.1. The number of rotatable bonds is 6. The van der Waals surface area contributed by atoms with Crippen molar-refractivity contribution in [2.75, 3.05) is 13.0 Å². The van der Waals surface area contributed by atoms with Gasteiger partial charge in [0.1, 0.15) is 10.6 Å². The van der Waals surface area contributed by atoms with Crippen molar-refractivity contribution >= 4 is 33.3 Å². The van der Waals surface area contributed by atoms with Gasteiger partial charge in [0.15, 0.2) is 5.16 Å². The lowest BCUT2D eigenvalue weighted by molar-refractivity contribution is 0.390. The zero-order valence-electron chi connectivity index (χ0n) is 16.9. The molecule has 2 N–H and O–H groups in total. The molecule has 3 heterocycles. The molecule has 0 aliphatic heterocycles. The van der Waals surface area contributed by atoms with E-state index in [2.05, 4.69) is 15.1 Å². The molecule has 0 aliphatic carbocycles. The van der Waals surface area contributed by atoms with Crippen LogP contribution in [0.2, 0.25) is 0 Å². The average molecular weight is 464 g/mol. The molecule has 0 spiro atoms. The molecule has 32 heavy (non-hydrogen) atoms. The van der Waals surface area contributed by atoms with E-state index in [9.17, 15) is 4.79 Å². The minimum Gasteiger partial charge on any atom is -0.496 e. The molecular weight excluding hydrogens is 446 g/mol. The highest BCUT2D eigenvalue weighted by atomic mass is 32.2. The van der Waals surface area contributed by atoms with E-state index in [1.165, 1.54) is 23.1 Å². The van der Waals surface area contributed by atoms with Gasteiger partial charge in [0, 0.05) is 10.9 Å². The van der Waals surface area contributed by atoms with Crippen molar-refractivity contribution in [1.29, 1.82) is 0 Å². The third-order valence-electron chi connectivity index (χ3n) is 4.83. The van der Waals surface area contributed by atoms with E-state index in [0.29, 0.717) is 38.6 Å². The van der Waals surface area contributed by atoms with E-state index in [-0.39, 0.29) is 5.56 Å². The van der Waals surface area contributed by atoms with Crippen LogP contribution in [0.4, 0.5) is 0 Å². The van der Waals surface area contributed by atoms with Gasteiger partial charge >= 0.3 is 0 Å². The number of methoxy groups -OCH3 is 1. The van der Waals surface area contributed by atoms with Gasteiger partial charge in [-0.05, 0) is 17.7 Å². The summed E-state index contributed by atoms with van der Waals surface area (Å²) in [6.45, 7) is 0. The van der Waals surface area contributed by atoms with Crippen LogP contribution in [0.1, 0.15) is 5.89 Å². The van der Waals surface area contributed by atoms with Gasteiger partial charge in [-0.15, -0.1) is 11.3 Å². The Kier molecular flexibility index (Phi) is 5.38. The number of para-hydroxylation sites is 1. The van der Waals surface area contributed by atoms with Gasteiger partial charge in [0.25, 0.3) is 5.56 Å². The van der Waals surface area contributed by atoms with E-state index in [0.717, 1.165) is 21.4 Å². The monoisotopic (exact) mass is 463 g/mol. The van der Waals surface area contributed by atoms with Gasteiger partial charge in [-0.1, -0.05) is 59.4 Å². The van der Waals surface area contributed by atoms with Gasteiger partial charge in [-0.3, -0.25) is 4.79 Å². The maximum absolute atomic E-state index is 13.0. The molecule has 5 aromatic rings. The van der Waals surface area contributed by atoms with Crippen molar-refractivity contribution in [2.45, 2.75) is 10.9 Å². The fourth-order valence-electron chi connectivity index (χ4n) is 3.30. The van der Waals surface area contributed by atoms with Crippen LogP contribution in [0.15, 0.2) is 74.5 Å². The summed E-state index contributed by atoms with van der Waals surface area (Å²) in [4.78, 5) is 22.7. The molecule has 3 aromatic heterocycles. The number of fused-ring (bicyclic) bond motifs is 1. The molecule has 0 bridgehead atoms. The quantitative estimate of drug-likeness (QED) is 0.227. The average Bonchev–Trinajstić information content (AvgIpc) is 3.48. The summed E-state index contributed by atoms with van der Waals surface area (Å²) in [7, 11) is 1.59. The van der Waals surface area contributed by atoms with Crippen molar-refractivity contribution in [3.63, 3.8) is 0 Å². The summed E-state index contributed by atoms with van der Waals surface area (Å²) in [6, 6.07) is 17.1. The molecule has 0 atom stereocenters. The Labute approximate surface area is 190 Å². The zero-order valence-corrected chi connectivity index (χ0v) is 18.5. The molecule has 10 heteroatoms. The van der Waals surface area contributed by atoms with Crippen molar-refractivity contribution in [3.05, 3.63) is 76.2 Å². The van der Waals surface area contributed by atoms with Crippen molar-refractivity contribution in [2.24, 2.45) is 0 Å². The first-order chi connectivity index (χ1) is 15.7. The molecular formula is C22H17N5O3S2. The molecule has 160 valence electrons. The summed E-state index contributed by atoms with van der Waals surface area (Å²) in [5.74, 6) is 7.88. The predicted molar refractivity (Wildman–Crippen MR) is 125 cm³/mol. The molecule has 0 saturated carbocycles. The highest BCUT2D eigenvalue weighted by Gasteiger charge is 2.18. The van der Waals surface area contributed by atoms with Crippen LogP contribution < -0.4 is 16.1 Å². The van der Waals surface area contributed by atoms with Crippen LogP contribution in [0.25, 0.3) is 32.7 Å². The second-order valence-corrected chi connectivity index (χ2v) is 8.57. The second kappa shape index (κ2) is 8.48. The van der Waals surface area contributed by atoms with Crippen molar-refractivity contribution < 1.29 is 9.26 Å². The molecule has 0 fully saturated rings. The smallest absolute Gasteiger partial charge is 0.282 e. The van der Waals surface area contributed by atoms with Crippen LogP contribution in [-0.4, -0.2) is 26.9 Å². The Hall–Kier alpha value is -3.63. The topological polar surface area (TPSA) is 109 Å². The van der Waals surface area contributed by atoms with E-state index >= 15 is 0 Å². The number of thioether (sulfide) groups is 1. The molecule has 8 nitrogen and oxygen atoms in total. The van der Waals surface area contributed by atoms with Gasteiger partial charge < -0.3 is 15.1 Å².